The monoisotopic (exact) mass is 352 g/mol. The van der Waals surface area contributed by atoms with Crippen molar-refractivity contribution in [3.8, 4) is 11.5 Å². The molecule has 0 bridgehead atoms. The van der Waals surface area contributed by atoms with E-state index in [9.17, 15) is 5.11 Å². The molecule has 2 rings (SSSR count). The van der Waals surface area contributed by atoms with Crippen LogP contribution in [0, 0.1) is 0 Å². The molecule has 3 nitrogen and oxygen atoms in total. The summed E-state index contributed by atoms with van der Waals surface area (Å²) in [4.78, 5) is 0. The number of methoxy groups -OCH3 is 1. The van der Waals surface area contributed by atoms with Crippen molar-refractivity contribution >= 4 is 23.2 Å². The topological polar surface area (TPSA) is 38.7 Å². The van der Waals surface area contributed by atoms with Crippen LogP contribution in [0.4, 0.5) is 0 Å². The van der Waals surface area contributed by atoms with Crippen LogP contribution in [0.15, 0.2) is 43.0 Å². The number of aliphatic hydroxyl groups excluding tert-OH is 1. The molecule has 0 radical (unpaired) electrons. The number of allylic oxidation sites excluding steroid dienone is 1. The maximum absolute atomic E-state index is 9.36. The van der Waals surface area contributed by atoms with E-state index in [1.54, 1.807) is 31.4 Å². The summed E-state index contributed by atoms with van der Waals surface area (Å²) < 4.78 is 11.3. The molecule has 0 aliphatic heterocycles. The normalized spacial score (nSPS) is 10.4. The summed E-state index contributed by atoms with van der Waals surface area (Å²) in [6.45, 7) is 4.02. The second-order valence-electron chi connectivity index (χ2n) is 4.97. The summed E-state index contributed by atoms with van der Waals surface area (Å²) in [5, 5.41) is 10.4. The van der Waals surface area contributed by atoms with Gasteiger partial charge in [-0.1, -0.05) is 35.3 Å². The Hall–Kier alpha value is -1.68. The lowest BCUT2D eigenvalue weighted by Crippen LogP contribution is -2.02. The summed E-state index contributed by atoms with van der Waals surface area (Å²) in [5.74, 6) is 1.21. The quantitative estimate of drug-likeness (QED) is 0.727. The van der Waals surface area contributed by atoms with E-state index in [0.717, 1.165) is 16.7 Å². The van der Waals surface area contributed by atoms with Gasteiger partial charge in [0, 0.05) is 5.56 Å². The zero-order chi connectivity index (χ0) is 16.8. The zero-order valence-electron chi connectivity index (χ0n) is 12.8. The molecular weight excluding hydrogens is 335 g/mol. The van der Waals surface area contributed by atoms with E-state index in [4.69, 9.17) is 32.7 Å². The lowest BCUT2D eigenvalue weighted by atomic mass is 10.1. The Balaban J connectivity index is 2.29. The Morgan fingerprint density at radius 2 is 1.91 bits per heavy atom. The maximum Gasteiger partial charge on any atom is 0.165 e. The van der Waals surface area contributed by atoms with Gasteiger partial charge >= 0.3 is 0 Å². The van der Waals surface area contributed by atoms with E-state index in [1.165, 1.54) is 0 Å². The lowest BCUT2D eigenvalue weighted by molar-refractivity contribution is 0.272. The predicted molar refractivity (Wildman–Crippen MR) is 93.6 cm³/mol. The molecule has 0 fully saturated rings. The SMILES string of the molecule is C=CCc1cc(CO)cc(OC)c1OCc1ccc(Cl)c(Cl)c1. The van der Waals surface area contributed by atoms with Gasteiger partial charge in [-0.3, -0.25) is 0 Å². The van der Waals surface area contributed by atoms with Crippen LogP contribution in [0.2, 0.25) is 10.0 Å². The van der Waals surface area contributed by atoms with Crippen LogP contribution in [-0.4, -0.2) is 12.2 Å². The third-order valence-electron chi connectivity index (χ3n) is 3.33. The van der Waals surface area contributed by atoms with Crippen molar-refractivity contribution in [1.82, 2.24) is 0 Å². The molecule has 0 atom stereocenters. The standard InChI is InChI=1S/C18H18Cl2O3/c1-3-4-14-7-13(10-21)9-17(22-2)18(14)23-11-12-5-6-15(19)16(20)8-12/h3,5-9,21H,1,4,10-11H2,2H3. The van der Waals surface area contributed by atoms with Gasteiger partial charge in [0.15, 0.2) is 11.5 Å². The molecular formula is C18H18Cl2O3. The van der Waals surface area contributed by atoms with Gasteiger partial charge in [-0.15, -0.1) is 6.58 Å². The summed E-state index contributed by atoms with van der Waals surface area (Å²) in [6, 6.07) is 9.01. The zero-order valence-corrected chi connectivity index (χ0v) is 14.3. The number of rotatable bonds is 7. The van der Waals surface area contributed by atoms with E-state index >= 15 is 0 Å². The number of benzene rings is 2. The molecule has 0 heterocycles. The Bertz CT molecular complexity index is 699. The molecule has 0 saturated carbocycles. The van der Waals surface area contributed by atoms with Crippen molar-refractivity contribution in [3.05, 3.63) is 69.7 Å². The van der Waals surface area contributed by atoms with Gasteiger partial charge in [0.2, 0.25) is 0 Å². The second-order valence-corrected chi connectivity index (χ2v) is 5.79. The highest BCUT2D eigenvalue weighted by atomic mass is 35.5. The highest BCUT2D eigenvalue weighted by Gasteiger charge is 2.13. The third kappa shape index (κ3) is 4.41. The van der Waals surface area contributed by atoms with Crippen LogP contribution < -0.4 is 9.47 Å². The molecule has 0 aliphatic carbocycles. The molecule has 0 aromatic heterocycles. The minimum atomic E-state index is -0.0619. The van der Waals surface area contributed by atoms with Crippen LogP contribution in [0.25, 0.3) is 0 Å². The first-order valence-corrected chi connectivity index (χ1v) is 7.83. The molecule has 0 amide bonds. The molecule has 0 saturated heterocycles. The van der Waals surface area contributed by atoms with Gasteiger partial charge in [-0.2, -0.15) is 0 Å². The highest BCUT2D eigenvalue weighted by Crippen LogP contribution is 2.34. The van der Waals surface area contributed by atoms with Crippen LogP contribution in [0.3, 0.4) is 0 Å². The molecule has 5 heteroatoms. The maximum atomic E-state index is 9.36. The number of halogens is 2. The third-order valence-corrected chi connectivity index (χ3v) is 4.06. The number of aliphatic hydroxyl groups is 1. The van der Waals surface area contributed by atoms with E-state index in [-0.39, 0.29) is 6.61 Å². The van der Waals surface area contributed by atoms with Gasteiger partial charge in [-0.05, 0) is 41.8 Å². The van der Waals surface area contributed by atoms with Crippen molar-refractivity contribution in [2.24, 2.45) is 0 Å². The minimum Gasteiger partial charge on any atom is -0.493 e. The fourth-order valence-corrected chi connectivity index (χ4v) is 2.54. The molecule has 0 spiro atoms. The largest absolute Gasteiger partial charge is 0.493 e. The van der Waals surface area contributed by atoms with Crippen molar-refractivity contribution in [2.75, 3.05) is 7.11 Å². The van der Waals surface area contributed by atoms with Crippen molar-refractivity contribution in [1.29, 1.82) is 0 Å². The lowest BCUT2D eigenvalue weighted by Gasteiger charge is -2.16. The van der Waals surface area contributed by atoms with Crippen LogP contribution in [-0.2, 0) is 19.6 Å². The fraction of sp³-hybridized carbons (Fsp3) is 0.222. The molecule has 1 N–H and O–H groups in total. The molecule has 2 aromatic rings. The Morgan fingerprint density at radius 1 is 1.13 bits per heavy atom. The first kappa shape index (κ1) is 17.7. The van der Waals surface area contributed by atoms with E-state index in [2.05, 4.69) is 6.58 Å². The second kappa shape index (κ2) is 8.25. The van der Waals surface area contributed by atoms with Gasteiger partial charge < -0.3 is 14.6 Å². The number of hydrogen-bond acceptors (Lipinski definition) is 3. The van der Waals surface area contributed by atoms with E-state index in [1.807, 2.05) is 12.1 Å². The van der Waals surface area contributed by atoms with Crippen LogP contribution in [0.1, 0.15) is 16.7 Å². The van der Waals surface area contributed by atoms with Gasteiger partial charge in [-0.25, -0.2) is 0 Å². The molecule has 122 valence electrons. The Kier molecular flexibility index (Phi) is 6.34. The van der Waals surface area contributed by atoms with Gasteiger partial charge in [0.25, 0.3) is 0 Å². The number of hydrogen-bond donors (Lipinski definition) is 1. The summed E-state index contributed by atoms with van der Waals surface area (Å²) in [6.07, 6.45) is 2.39. The Labute approximate surface area is 146 Å². The average Bonchev–Trinajstić information content (AvgIpc) is 2.56. The van der Waals surface area contributed by atoms with E-state index < -0.39 is 0 Å². The molecule has 2 aromatic carbocycles. The van der Waals surface area contributed by atoms with Crippen LogP contribution in [0.5, 0.6) is 11.5 Å². The average molecular weight is 353 g/mol. The van der Waals surface area contributed by atoms with E-state index in [0.29, 0.717) is 34.6 Å². The molecule has 0 aliphatic rings. The molecule has 0 unspecified atom stereocenters. The smallest absolute Gasteiger partial charge is 0.165 e. The van der Waals surface area contributed by atoms with Crippen LogP contribution >= 0.6 is 23.2 Å². The summed E-state index contributed by atoms with van der Waals surface area (Å²) in [7, 11) is 1.57. The predicted octanol–water partition coefficient (Wildman–Crippen LogP) is 4.80. The van der Waals surface area contributed by atoms with Crippen molar-refractivity contribution < 1.29 is 14.6 Å². The molecule has 23 heavy (non-hydrogen) atoms. The summed E-state index contributed by atoms with van der Waals surface area (Å²) >= 11 is 11.9. The Morgan fingerprint density at radius 3 is 2.52 bits per heavy atom. The van der Waals surface area contributed by atoms with Gasteiger partial charge in [0.05, 0.1) is 23.8 Å². The minimum absolute atomic E-state index is 0.0619. The first-order chi connectivity index (χ1) is 11.1. The highest BCUT2D eigenvalue weighted by molar-refractivity contribution is 6.42. The summed E-state index contributed by atoms with van der Waals surface area (Å²) in [5.41, 5.74) is 2.57. The number of ether oxygens (including phenoxy) is 2. The van der Waals surface area contributed by atoms with Crippen molar-refractivity contribution in [3.63, 3.8) is 0 Å². The van der Waals surface area contributed by atoms with Crippen molar-refractivity contribution in [2.45, 2.75) is 19.6 Å². The first-order valence-electron chi connectivity index (χ1n) is 7.07. The van der Waals surface area contributed by atoms with Gasteiger partial charge in [0.1, 0.15) is 6.61 Å². The fourth-order valence-electron chi connectivity index (χ4n) is 2.22.